The molecule has 0 bridgehead atoms. The number of carbonyl (C=O) groups is 1. The molecule has 204 valence electrons. The van der Waals surface area contributed by atoms with Gasteiger partial charge in [-0.2, -0.15) is 0 Å². The number of amides is 1. The largest absolute Gasteiger partial charge is 0.355 e. The van der Waals surface area contributed by atoms with Gasteiger partial charge in [0.15, 0.2) is 0 Å². The highest BCUT2D eigenvalue weighted by Crippen LogP contribution is 2.33. The molecule has 1 fully saturated rings. The molecular weight excluding hydrogens is 490 g/mol. The maximum atomic E-state index is 13.7. The fraction of sp³-hybridized carbons (Fsp3) is 0.367. The molecule has 0 spiro atoms. The van der Waals surface area contributed by atoms with Gasteiger partial charge in [0.2, 0.25) is 0 Å². The van der Waals surface area contributed by atoms with E-state index in [1.165, 1.54) is 0 Å². The second-order valence-electron chi connectivity index (χ2n) is 10.9. The number of rotatable bonds is 6. The maximum absolute atomic E-state index is 13.7. The van der Waals surface area contributed by atoms with E-state index in [0.717, 1.165) is 63.2 Å². The van der Waals surface area contributed by atoms with E-state index >= 15 is 0 Å². The monoisotopic (exact) mass is 527 g/mol. The van der Waals surface area contributed by atoms with Gasteiger partial charge < -0.3 is 26.4 Å². The molecule has 0 radical (unpaired) electrons. The Balaban J connectivity index is 1.53. The molecule has 1 amide bonds. The van der Waals surface area contributed by atoms with Crippen LogP contribution in [0.5, 0.6) is 0 Å². The number of nitrogens with one attached hydrogen (secondary N) is 1. The van der Waals surface area contributed by atoms with Gasteiger partial charge >= 0.3 is 0 Å². The molecule has 5 rings (SSSR count). The number of carbonyl (C=O) groups excluding carboxylic acids is 1. The number of pyridine rings is 2. The van der Waals surface area contributed by atoms with Gasteiger partial charge in [0.25, 0.3) is 11.5 Å². The third-order valence-electron chi connectivity index (χ3n) is 7.74. The van der Waals surface area contributed by atoms with Gasteiger partial charge in [-0.25, -0.2) is 9.66 Å². The third kappa shape index (κ3) is 4.90. The summed E-state index contributed by atoms with van der Waals surface area (Å²) >= 11 is 0. The van der Waals surface area contributed by atoms with Crippen LogP contribution in [0.2, 0.25) is 0 Å². The molecule has 1 aliphatic heterocycles. The molecular formula is C30H37N7O2. The molecule has 9 nitrogen and oxygen atoms in total. The molecule has 1 unspecified atom stereocenters. The summed E-state index contributed by atoms with van der Waals surface area (Å²) in [5, 5.41) is 3.88. The highest BCUT2D eigenvalue weighted by molar-refractivity contribution is 6.09. The van der Waals surface area contributed by atoms with Gasteiger partial charge in [-0.05, 0) is 88.1 Å². The zero-order valence-electron chi connectivity index (χ0n) is 23.3. The summed E-state index contributed by atoms with van der Waals surface area (Å²) in [7, 11) is 0. The van der Waals surface area contributed by atoms with E-state index in [9.17, 15) is 9.59 Å². The summed E-state index contributed by atoms with van der Waals surface area (Å²) in [6, 6.07) is 10.3. The number of anilines is 1. The summed E-state index contributed by atoms with van der Waals surface area (Å²) in [5.41, 5.74) is 12.1. The summed E-state index contributed by atoms with van der Waals surface area (Å²) in [6.45, 7) is 11.7. The van der Waals surface area contributed by atoms with Crippen molar-refractivity contribution in [2.45, 2.75) is 59.7 Å². The Morgan fingerprint density at radius 2 is 1.90 bits per heavy atom. The van der Waals surface area contributed by atoms with Crippen LogP contribution in [-0.2, 0) is 6.54 Å². The zero-order chi connectivity index (χ0) is 28.0. The number of nitrogen functional groups attached to an aromatic ring is 1. The smallest absolute Gasteiger partial charge is 0.274 e. The first-order valence-corrected chi connectivity index (χ1v) is 13.4. The molecule has 39 heavy (non-hydrogen) atoms. The van der Waals surface area contributed by atoms with Crippen molar-refractivity contribution in [3.8, 4) is 11.1 Å². The average Bonchev–Trinajstić information content (AvgIpc) is 3.50. The van der Waals surface area contributed by atoms with Gasteiger partial charge in [0.05, 0.1) is 0 Å². The van der Waals surface area contributed by atoms with Crippen molar-refractivity contribution in [2.24, 2.45) is 5.73 Å². The SMILES string of the molecule is Cc1cc(C)n(N)c(=O)c1CNC(=O)c1cc(-c2ccc(N3CCC(N)C3)nc2)cc2c1c(C)cn2C(C)C. The first-order chi connectivity index (χ1) is 18.5. The quantitative estimate of drug-likeness (QED) is 0.330. The van der Waals surface area contributed by atoms with Gasteiger partial charge in [-0.15, -0.1) is 0 Å². The number of benzene rings is 1. The van der Waals surface area contributed by atoms with Crippen LogP contribution >= 0.6 is 0 Å². The number of aromatic nitrogens is 3. The highest BCUT2D eigenvalue weighted by Gasteiger charge is 2.22. The Morgan fingerprint density at radius 3 is 2.54 bits per heavy atom. The van der Waals surface area contributed by atoms with Crippen molar-refractivity contribution < 1.29 is 4.79 Å². The zero-order valence-corrected chi connectivity index (χ0v) is 23.3. The van der Waals surface area contributed by atoms with Crippen LogP contribution in [0.1, 0.15) is 59.1 Å². The lowest BCUT2D eigenvalue weighted by molar-refractivity contribution is 0.0952. The minimum Gasteiger partial charge on any atom is -0.355 e. The van der Waals surface area contributed by atoms with Gasteiger partial charge in [0.1, 0.15) is 5.82 Å². The van der Waals surface area contributed by atoms with Crippen LogP contribution in [0.4, 0.5) is 5.82 Å². The first kappa shape index (κ1) is 26.5. The van der Waals surface area contributed by atoms with E-state index in [-0.39, 0.29) is 30.1 Å². The fourth-order valence-electron chi connectivity index (χ4n) is 5.52. The molecule has 3 aromatic heterocycles. The Morgan fingerprint density at radius 1 is 1.13 bits per heavy atom. The molecule has 5 N–H and O–H groups in total. The topological polar surface area (TPSA) is 124 Å². The lowest BCUT2D eigenvalue weighted by Crippen LogP contribution is -2.35. The number of hydrogen-bond acceptors (Lipinski definition) is 6. The predicted molar refractivity (Wildman–Crippen MR) is 157 cm³/mol. The van der Waals surface area contributed by atoms with Crippen LogP contribution in [0, 0.1) is 20.8 Å². The van der Waals surface area contributed by atoms with E-state index in [1.54, 1.807) is 6.92 Å². The summed E-state index contributed by atoms with van der Waals surface area (Å²) in [6.07, 6.45) is 4.91. The lowest BCUT2D eigenvalue weighted by atomic mass is 9.98. The van der Waals surface area contributed by atoms with Crippen LogP contribution in [0.15, 0.2) is 47.5 Å². The fourth-order valence-corrected chi connectivity index (χ4v) is 5.52. The molecule has 0 aliphatic carbocycles. The Bertz CT molecular complexity index is 1620. The molecule has 1 atom stereocenters. The number of aryl methyl sites for hydroxylation is 3. The third-order valence-corrected chi connectivity index (χ3v) is 7.74. The molecule has 4 heterocycles. The van der Waals surface area contributed by atoms with Crippen LogP contribution in [0.3, 0.4) is 0 Å². The van der Waals surface area contributed by atoms with Crippen molar-refractivity contribution >= 4 is 22.6 Å². The predicted octanol–water partition coefficient (Wildman–Crippen LogP) is 3.55. The van der Waals surface area contributed by atoms with Gasteiger partial charge in [-0.1, -0.05) is 0 Å². The highest BCUT2D eigenvalue weighted by atomic mass is 16.2. The average molecular weight is 528 g/mol. The van der Waals surface area contributed by atoms with Gasteiger partial charge in [0, 0.05) is 77.4 Å². The Kier molecular flexibility index (Phi) is 6.94. The molecule has 0 saturated carbocycles. The van der Waals surface area contributed by atoms with Crippen molar-refractivity contribution in [1.82, 2.24) is 19.5 Å². The van der Waals surface area contributed by atoms with E-state index in [1.807, 2.05) is 44.3 Å². The minimum atomic E-state index is -0.307. The van der Waals surface area contributed by atoms with E-state index in [2.05, 4.69) is 40.9 Å². The van der Waals surface area contributed by atoms with Crippen molar-refractivity contribution in [1.29, 1.82) is 0 Å². The van der Waals surface area contributed by atoms with Crippen molar-refractivity contribution in [3.05, 3.63) is 81.0 Å². The summed E-state index contributed by atoms with van der Waals surface area (Å²) < 4.78 is 3.31. The van der Waals surface area contributed by atoms with E-state index in [4.69, 9.17) is 16.6 Å². The van der Waals surface area contributed by atoms with E-state index in [0.29, 0.717) is 16.8 Å². The molecule has 9 heteroatoms. The first-order valence-electron chi connectivity index (χ1n) is 13.4. The summed E-state index contributed by atoms with van der Waals surface area (Å²) in [4.78, 5) is 33.3. The number of nitrogens with two attached hydrogens (primary N) is 2. The molecule has 1 aliphatic rings. The maximum Gasteiger partial charge on any atom is 0.274 e. The molecule has 1 saturated heterocycles. The van der Waals surface area contributed by atoms with Crippen LogP contribution < -0.4 is 27.4 Å². The van der Waals surface area contributed by atoms with Crippen LogP contribution in [0.25, 0.3) is 22.0 Å². The van der Waals surface area contributed by atoms with Crippen molar-refractivity contribution in [2.75, 3.05) is 23.8 Å². The Labute approximate surface area is 228 Å². The van der Waals surface area contributed by atoms with Crippen molar-refractivity contribution in [3.63, 3.8) is 0 Å². The van der Waals surface area contributed by atoms with Crippen LogP contribution in [-0.4, -0.2) is 39.3 Å². The number of hydrogen-bond donors (Lipinski definition) is 3. The lowest BCUT2D eigenvalue weighted by Gasteiger charge is -2.17. The minimum absolute atomic E-state index is 0.0882. The second kappa shape index (κ2) is 10.2. The van der Waals surface area contributed by atoms with E-state index < -0.39 is 0 Å². The summed E-state index contributed by atoms with van der Waals surface area (Å²) in [5.74, 6) is 6.57. The van der Waals surface area contributed by atoms with Gasteiger partial charge in [-0.3, -0.25) is 9.59 Å². The molecule has 1 aromatic carbocycles. The number of fused-ring (bicyclic) bond motifs is 1. The number of nitrogens with zero attached hydrogens (tertiary/aromatic N) is 4. The Hall–Kier alpha value is -4.11. The standard InChI is InChI=1S/C30H37N7O2/c1-17(2)36-15-19(4)28-24(29(38)34-14-25-18(3)10-20(5)37(32)30(25)39)11-22(12-26(28)36)21-6-7-27(33-13-21)35-9-8-23(31)16-35/h6-7,10-13,15,17,23H,8-9,14,16,31-32H2,1-5H3,(H,34,38). The second-order valence-corrected chi connectivity index (χ2v) is 10.9. The normalized spacial score (nSPS) is 15.5. The molecule has 4 aromatic rings.